The van der Waals surface area contributed by atoms with Crippen molar-refractivity contribution in [1.82, 2.24) is 5.32 Å². The Balaban J connectivity index is 1.83. The van der Waals surface area contributed by atoms with Crippen molar-refractivity contribution in [1.29, 1.82) is 0 Å². The summed E-state index contributed by atoms with van der Waals surface area (Å²) in [5, 5.41) is 11.9. The molecule has 1 aromatic carbocycles. The Bertz CT molecular complexity index is 554. The van der Waals surface area contributed by atoms with Crippen LogP contribution in [0.3, 0.4) is 0 Å². The van der Waals surface area contributed by atoms with Crippen molar-refractivity contribution in [3.63, 3.8) is 0 Å². The number of hydrogen-bond acceptors (Lipinski definition) is 3. The van der Waals surface area contributed by atoms with Crippen molar-refractivity contribution in [2.24, 2.45) is 11.8 Å². The number of carbonyl (C=O) groups is 2. The number of aliphatic carboxylic acids is 1. The first-order chi connectivity index (χ1) is 10.1. The molecule has 2 unspecified atom stereocenters. The number of nitrogen functional groups attached to an aromatic ring is 1. The summed E-state index contributed by atoms with van der Waals surface area (Å²) in [5.41, 5.74) is 7.16. The summed E-state index contributed by atoms with van der Waals surface area (Å²) in [5.74, 6) is -1.27. The lowest BCUT2D eigenvalue weighted by molar-refractivity contribution is -0.143. The minimum atomic E-state index is -0.762. The van der Waals surface area contributed by atoms with Crippen molar-refractivity contribution >= 4 is 23.6 Å². The van der Waals surface area contributed by atoms with E-state index in [4.69, 9.17) is 10.8 Å². The fraction of sp³-hybridized carbons (Fsp3) is 0.375. The Labute approximate surface area is 123 Å². The minimum Gasteiger partial charge on any atom is -0.481 e. The maximum Gasteiger partial charge on any atom is 0.306 e. The van der Waals surface area contributed by atoms with Crippen molar-refractivity contribution in [2.45, 2.75) is 19.3 Å². The molecule has 0 heterocycles. The molecule has 0 aliphatic heterocycles. The van der Waals surface area contributed by atoms with Crippen molar-refractivity contribution in [3.8, 4) is 0 Å². The van der Waals surface area contributed by atoms with Crippen molar-refractivity contribution in [2.75, 3.05) is 12.3 Å². The number of carbonyl (C=O) groups excluding carboxylic acids is 1. The van der Waals surface area contributed by atoms with Crippen LogP contribution < -0.4 is 11.1 Å². The summed E-state index contributed by atoms with van der Waals surface area (Å²) < 4.78 is 0. The molecule has 0 saturated heterocycles. The highest BCUT2D eigenvalue weighted by Gasteiger charge is 2.32. The smallest absolute Gasteiger partial charge is 0.306 e. The number of nitrogens with one attached hydrogen (secondary N) is 1. The number of nitrogens with two attached hydrogens (primary N) is 1. The summed E-state index contributed by atoms with van der Waals surface area (Å²) in [4.78, 5) is 22.8. The van der Waals surface area contributed by atoms with Crippen LogP contribution in [0.5, 0.6) is 0 Å². The fourth-order valence-electron chi connectivity index (χ4n) is 2.73. The van der Waals surface area contributed by atoms with Crippen LogP contribution in [0.25, 0.3) is 6.08 Å². The summed E-state index contributed by atoms with van der Waals surface area (Å²) in [6, 6.07) is 7.24. The second kappa shape index (κ2) is 6.92. The molecule has 1 fully saturated rings. The maximum atomic E-state index is 11.8. The molecular formula is C16H20N2O3. The monoisotopic (exact) mass is 288 g/mol. The summed E-state index contributed by atoms with van der Waals surface area (Å²) in [6.07, 6.45) is 5.61. The van der Waals surface area contributed by atoms with Gasteiger partial charge >= 0.3 is 5.97 Å². The molecule has 1 saturated carbocycles. The second-order valence-electron chi connectivity index (χ2n) is 5.38. The number of carboxylic acids is 1. The maximum absolute atomic E-state index is 11.8. The number of hydrogen-bond donors (Lipinski definition) is 3. The van der Waals surface area contributed by atoms with E-state index in [0.29, 0.717) is 18.7 Å². The van der Waals surface area contributed by atoms with E-state index in [0.717, 1.165) is 18.4 Å². The van der Waals surface area contributed by atoms with E-state index in [1.165, 1.54) is 6.08 Å². The Morgan fingerprint density at radius 3 is 2.90 bits per heavy atom. The molecule has 0 aromatic heterocycles. The molecule has 1 aromatic rings. The molecule has 112 valence electrons. The van der Waals surface area contributed by atoms with Crippen LogP contribution in [0.1, 0.15) is 24.8 Å². The normalized spacial score (nSPS) is 21.5. The van der Waals surface area contributed by atoms with Gasteiger partial charge in [0.2, 0.25) is 5.91 Å². The zero-order chi connectivity index (χ0) is 15.2. The molecule has 5 nitrogen and oxygen atoms in total. The molecule has 1 amide bonds. The van der Waals surface area contributed by atoms with Crippen molar-refractivity contribution in [3.05, 3.63) is 35.9 Å². The van der Waals surface area contributed by atoms with E-state index in [9.17, 15) is 9.59 Å². The number of rotatable bonds is 5. The van der Waals surface area contributed by atoms with Gasteiger partial charge in [0, 0.05) is 18.3 Å². The highest BCUT2D eigenvalue weighted by atomic mass is 16.4. The Morgan fingerprint density at radius 1 is 1.38 bits per heavy atom. The number of amides is 1. The van der Waals surface area contributed by atoms with Gasteiger partial charge in [0.05, 0.1) is 5.92 Å². The Kier molecular flexibility index (Phi) is 4.98. The molecule has 0 bridgehead atoms. The largest absolute Gasteiger partial charge is 0.481 e. The third-order valence-corrected chi connectivity index (χ3v) is 3.85. The van der Waals surface area contributed by atoms with Gasteiger partial charge in [0.15, 0.2) is 0 Å². The molecule has 1 aliphatic rings. The van der Waals surface area contributed by atoms with Crippen LogP contribution in [0.15, 0.2) is 30.3 Å². The van der Waals surface area contributed by atoms with Crippen LogP contribution in [0.2, 0.25) is 0 Å². The third-order valence-electron chi connectivity index (χ3n) is 3.85. The zero-order valence-corrected chi connectivity index (χ0v) is 11.8. The van der Waals surface area contributed by atoms with Gasteiger partial charge in [-0.1, -0.05) is 18.6 Å². The van der Waals surface area contributed by atoms with Gasteiger partial charge < -0.3 is 16.2 Å². The van der Waals surface area contributed by atoms with Crippen LogP contribution in [-0.4, -0.2) is 23.5 Å². The standard InChI is InChI=1S/C16H20N2O3/c17-13-5-1-3-11(9-13)7-8-15(19)18-10-12-4-2-6-14(12)16(20)21/h1,3,5,7-9,12,14H,2,4,6,10,17H2,(H,18,19)(H,20,21)/b8-7+. The lowest BCUT2D eigenvalue weighted by atomic mass is 9.96. The lowest BCUT2D eigenvalue weighted by Gasteiger charge is -2.15. The molecule has 0 radical (unpaired) electrons. The molecule has 4 N–H and O–H groups in total. The average molecular weight is 288 g/mol. The highest BCUT2D eigenvalue weighted by Crippen LogP contribution is 2.31. The first kappa shape index (κ1) is 15.1. The van der Waals surface area contributed by atoms with E-state index < -0.39 is 5.97 Å². The van der Waals surface area contributed by atoms with Crippen LogP contribution in [0, 0.1) is 11.8 Å². The third kappa shape index (κ3) is 4.34. The lowest BCUT2D eigenvalue weighted by Crippen LogP contribution is -2.32. The van der Waals surface area contributed by atoms with Gasteiger partial charge in [-0.2, -0.15) is 0 Å². The molecule has 5 heteroatoms. The highest BCUT2D eigenvalue weighted by molar-refractivity contribution is 5.91. The topological polar surface area (TPSA) is 92.4 Å². The molecule has 2 rings (SSSR count). The molecule has 0 spiro atoms. The SMILES string of the molecule is Nc1cccc(/C=C/C(=O)NCC2CCCC2C(=O)O)c1. The molecule has 21 heavy (non-hydrogen) atoms. The van der Waals surface area contributed by atoms with Gasteiger partial charge in [0.1, 0.15) is 0 Å². The Morgan fingerprint density at radius 2 is 2.19 bits per heavy atom. The van der Waals surface area contributed by atoms with E-state index in [-0.39, 0.29) is 17.7 Å². The predicted octanol–water partition coefficient (Wildman–Crippen LogP) is 1.90. The first-order valence-corrected chi connectivity index (χ1v) is 7.10. The van der Waals surface area contributed by atoms with Gasteiger partial charge in [0.25, 0.3) is 0 Å². The second-order valence-corrected chi connectivity index (χ2v) is 5.38. The average Bonchev–Trinajstić information content (AvgIpc) is 2.91. The predicted molar refractivity (Wildman–Crippen MR) is 81.4 cm³/mol. The van der Waals surface area contributed by atoms with Crippen molar-refractivity contribution < 1.29 is 14.7 Å². The van der Waals surface area contributed by atoms with E-state index >= 15 is 0 Å². The minimum absolute atomic E-state index is 0.0345. The van der Waals surface area contributed by atoms with Gasteiger partial charge in [-0.25, -0.2) is 0 Å². The van der Waals surface area contributed by atoms with E-state index in [2.05, 4.69) is 5.32 Å². The van der Waals surface area contributed by atoms with Crippen LogP contribution in [0.4, 0.5) is 5.69 Å². The Hall–Kier alpha value is -2.30. The molecule has 1 aliphatic carbocycles. The molecular weight excluding hydrogens is 268 g/mol. The van der Waals surface area contributed by atoms with E-state index in [1.54, 1.807) is 18.2 Å². The van der Waals surface area contributed by atoms with Gasteiger partial charge in [-0.15, -0.1) is 0 Å². The van der Waals surface area contributed by atoms with Gasteiger partial charge in [-0.3, -0.25) is 9.59 Å². The fourth-order valence-corrected chi connectivity index (χ4v) is 2.73. The first-order valence-electron chi connectivity index (χ1n) is 7.10. The summed E-state index contributed by atoms with van der Waals surface area (Å²) >= 11 is 0. The van der Waals surface area contributed by atoms with Crippen LogP contribution in [-0.2, 0) is 9.59 Å². The summed E-state index contributed by atoms with van der Waals surface area (Å²) in [6.45, 7) is 0.414. The van der Waals surface area contributed by atoms with Crippen LogP contribution >= 0.6 is 0 Å². The zero-order valence-electron chi connectivity index (χ0n) is 11.8. The number of benzene rings is 1. The number of carboxylic acid groups (broad SMARTS) is 1. The molecule has 2 atom stereocenters. The number of anilines is 1. The van der Waals surface area contributed by atoms with Gasteiger partial charge in [-0.05, 0) is 42.5 Å². The summed E-state index contributed by atoms with van der Waals surface area (Å²) in [7, 11) is 0. The van der Waals surface area contributed by atoms with E-state index in [1.807, 2.05) is 12.1 Å². The quantitative estimate of drug-likeness (QED) is 0.570.